The number of fused-ring (bicyclic) bond motifs is 2. The number of aromatic nitrogens is 4. The lowest BCUT2D eigenvalue weighted by Gasteiger charge is -2.24. The number of benzene rings is 1. The summed E-state index contributed by atoms with van der Waals surface area (Å²) in [6.45, 7) is 4.10. The molecule has 7 heteroatoms. The van der Waals surface area contributed by atoms with Crippen LogP contribution in [-0.4, -0.2) is 45.8 Å². The van der Waals surface area contributed by atoms with Crippen molar-refractivity contribution in [2.24, 2.45) is 11.8 Å². The molecule has 2 aliphatic rings. The van der Waals surface area contributed by atoms with Crippen LogP contribution in [0.1, 0.15) is 0 Å². The molecule has 30 heavy (non-hydrogen) atoms. The van der Waals surface area contributed by atoms with Gasteiger partial charge in [-0.15, -0.1) is 0 Å². The first-order chi connectivity index (χ1) is 14.8. The zero-order chi connectivity index (χ0) is 20.1. The average Bonchev–Trinajstić information content (AvgIpc) is 3.47. The van der Waals surface area contributed by atoms with E-state index >= 15 is 0 Å². The highest BCUT2D eigenvalue weighted by atomic mass is 15.6. The number of pyridine rings is 2. The van der Waals surface area contributed by atoms with Gasteiger partial charge in [-0.3, -0.25) is 0 Å². The monoisotopic (exact) mass is 397 g/mol. The van der Waals surface area contributed by atoms with Crippen LogP contribution in [0.15, 0.2) is 60.8 Å². The molecule has 2 atom stereocenters. The lowest BCUT2D eigenvalue weighted by molar-refractivity contribution is 0.533. The van der Waals surface area contributed by atoms with Gasteiger partial charge in [0.2, 0.25) is 0 Å². The molecule has 0 saturated carbocycles. The predicted molar refractivity (Wildman–Crippen MR) is 118 cm³/mol. The van der Waals surface area contributed by atoms with E-state index in [1.807, 2.05) is 36.4 Å². The van der Waals surface area contributed by atoms with Gasteiger partial charge in [-0.2, -0.15) is 0 Å². The van der Waals surface area contributed by atoms with Crippen molar-refractivity contribution in [3.63, 3.8) is 0 Å². The van der Waals surface area contributed by atoms with Gasteiger partial charge >= 0.3 is 0 Å². The summed E-state index contributed by atoms with van der Waals surface area (Å²) in [5.74, 6) is 2.59. The van der Waals surface area contributed by atoms with Crippen LogP contribution in [0.5, 0.6) is 0 Å². The van der Waals surface area contributed by atoms with Crippen molar-refractivity contribution in [2.75, 3.05) is 36.9 Å². The predicted octanol–water partition coefficient (Wildman–Crippen LogP) is 2.53. The van der Waals surface area contributed by atoms with Crippen LogP contribution < -0.4 is 16.1 Å². The van der Waals surface area contributed by atoms with Crippen molar-refractivity contribution in [2.45, 2.75) is 0 Å². The minimum atomic E-state index is 0.485. The molecule has 1 aromatic carbocycles. The maximum atomic E-state index is 6.24. The summed E-state index contributed by atoms with van der Waals surface area (Å²) in [4.78, 5) is 14.3. The maximum absolute atomic E-state index is 6.24. The fraction of sp³-hybridized carbons (Fsp3) is 0.261. The number of nitrogens with one attached hydrogen (secondary N) is 1. The van der Waals surface area contributed by atoms with E-state index in [0.29, 0.717) is 17.7 Å². The highest BCUT2D eigenvalue weighted by Gasteiger charge is 2.38. The van der Waals surface area contributed by atoms with Crippen LogP contribution in [0, 0.1) is 11.8 Å². The molecule has 150 valence electrons. The van der Waals surface area contributed by atoms with E-state index in [2.05, 4.69) is 38.2 Å². The molecule has 4 aromatic rings. The minimum absolute atomic E-state index is 0.485. The highest BCUT2D eigenvalue weighted by Crippen LogP contribution is 2.33. The molecule has 7 nitrogen and oxygen atoms in total. The van der Waals surface area contributed by atoms with Gasteiger partial charge in [0.1, 0.15) is 11.3 Å². The number of anilines is 1. The third-order valence-electron chi connectivity index (χ3n) is 6.28. The molecule has 6 rings (SSSR count). The molecule has 0 spiro atoms. The molecule has 5 heterocycles. The number of nitrogens with two attached hydrogens (primary N) is 1. The SMILES string of the molecule is Nc1ncccc1-c1nc2ccc(-c3ccccc3)nc2n1N1CC2CNC[C@@H]2C1. The Labute approximate surface area is 174 Å². The van der Waals surface area contributed by atoms with Gasteiger partial charge in [0.05, 0.1) is 11.3 Å². The molecule has 0 amide bonds. The van der Waals surface area contributed by atoms with Gasteiger partial charge in [0.15, 0.2) is 11.5 Å². The Morgan fingerprint density at radius 1 is 0.900 bits per heavy atom. The second-order valence-corrected chi connectivity index (χ2v) is 8.14. The Hall–Kier alpha value is -3.45. The van der Waals surface area contributed by atoms with Gasteiger partial charge in [-0.1, -0.05) is 30.3 Å². The molecule has 2 aliphatic heterocycles. The molecular formula is C23H23N7. The van der Waals surface area contributed by atoms with Crippen LogP contribution in [0.3, 0.4) is 0 Å². The van der Waals surface area contributed by atoms with Crippen LogP contribution >= 0.6 is 0 Å². The van der Waals surface area contributed by atoms with Crippen molar-refractivity contribution in [3.8, 4) is 22.6 Å². The van der Waals surface area contributed by atoms with E-state index in [1.54, 1.807) is 6.20 Å². The average molecular weight is 397 g/mol. The van der Waals surface area contributed by atoms with E-state index in [4.69, 9.17) is 15.7 Å². The van der Waals surface area contributed by atoms with Crippen LogP contribution in [0.25, 0.3) is 33.8 Å². The summed E-state index contributed by atoms with van der Waals surface area (Å²) in [5.41, 5.74) is 10.8. The smallest absolute Gasteiger partial charge is 0.180 e. The summed E-state index contributed by atoms with van der Waals surface area (Å²) < 4.78 is 2.17. The normalized spacial score (nSPS) is 20.7. The number of nitrogen functional groups attached to an aromatic ring is 1. The van der Waals surface area contributed by atoms with Crippen molar-refractivity contribution in [1.82, 2.24) is 24.9 Å². The van der Waals surface area contributed by atoms with E-state index in [1.165, 1.54) is 0 Å². The van der Waals surface area contributed by atoms with Crippen molar-refractivity contribution in [3.05, 3.63) is 60.8 Å². The highest BCUT2D eigenvalue weighted by molar-refractivity contribution is 5.82. The third kappa shape index (κ3) is 2.74. The van der Waals surface area contributed by atoms with E-state index in [-0.39, 0.29) is 0 Å². The summed E-state index contributed by atoms with van der Waals surface area (Å²) in [7, 11) is 0. The first-order valence-corrected chi connectivity index (χ1v) is 10.4. The Balaban J connectivity index is 1.55. The number of hydrogen-bond acceptors (Lipinski definition) is 6. The van der Waals surface area contributed by atoms with Crippen molar-refractivity contribution in [1.29, 1.82) is 0 Å². The van der Waals surface area contributed by atoms with Gasteiger partial charge < -0.3 is 16.1 Å². The maximum Gasteiger partial charge on any atom is 0.180 e. The number of nitrogens with zero attached hydrogens (tertiary/aromatic N) is 5. The minimum Gasteiger partial charge on any atom is -0.383 e. The quantitative estimate of drug-likeness (QED) is 0.553. The summed E-state index contributed by atoms with van der Waals surface area (Å²) in [6, 6.07) is 18.2. The van der Waals surface area contributed by atoms with Gasteiger partial charge in [-0.05, 0) is 36.1 Å². The summed E-state index contributed by atoms with van der Waals surface area (Å²) in [5, 5.41) is 5.90. The molecule has 3 N–H and O–H groups in total. The van der Waals surface area contributed by atoms with Crippen LogP contribution in [0.4, 0.5) is 5.82 Å². The third-order valence-corrected chi connectivity index (χ3v) is 6.28. The Morgan fingerprint density at radius 3 is 2.47 bits per heavy atom. The topological polar surface area (TPSA) is 84.9 Å². The van der Waals surface area contributed by atoms with Crippen LogP contribution in [-0.2, 0) is 0 Å². The van der Waals surface area contributed by atoms with Crippen molar-refractivity contribution < 1.29 is 0 Å². The summed E-state index contributed by atoms with van der Waals surface area (Å²) >= 11 is 0. The molecule has 0 radical (unpaired) electrons. The molecule has 2 fully saturated rings. The Kier molecular flexibility index (Phi) is 3.95. The fourth-order valence-corrected chi connectivity index (χ4v) is 4.76. The molecule has 3 aromatic heterocycles. The largest absolute Gasteiger partial charge is 0.383 e. The standard InChI is InChI=1S/C23H23N7/c24-21-18(7-4-10-26-21)22-28-20-9-8-19(15-5-2-1-3-6-15)27-23(20)30(22)29-13-16-11-25-12-17(16)14-29/h1-10,16-17,25H,11-14H2,(H2,24,26)/t16-,17?/m1/s1. The fourth-order valence-electron chi connectivity index (χ4n) is 4.76. The molecule has 1 unspecified atom stereocenters. The zero-order valence-corrected chi connectivity index (χ0v) is 16.6. The molecule has 0 aliphatic carbocycles. The lowest BCUT2D eigenvalue weighted by atomic mass is 10.0. The number of hydrogen-bond donors (Lipinski definition) is 2. The molecule has 2 saturated heterocycles. The zero-order valence-electron chi connectivity index (χ0n) is 16.6. The number of rotatable bonds is 3. The van der Waals surface area contributed by atoms with E-state index in [0.717, 1.165) is 60.0 Å². The van der Waals surface area contributed by atoms with Gasteiger partial charge in [0, 0.05) is 37.9 Å². The van der Waals surface area contributed by atoms with E-state index in [9.17, 15) is 0 Å². The van der Waals surface area contributed by atoms with Gasteiger partial charge in [-0.25, -0.2) is 19.6 Å². The second kappa shape index (κ2) is 6.81. The Morgan fingerprint density at radius 2 is 1.70 bits per heavy atom. The van der Waals surface area contributed by atoms with Crippen LogP contribution in [0.2, 0.25) is 0 Å². The van der Waals surface area contributed by atoms with Crippen molar-refractivity contribution >= 4 is 17.0 Å². The lowest BCUT2D eigenvalue weighted by Crippen LogP contribution is -2.35. The second-order valence-electron chi connectivity index (χ2n) is 8.14. The molecule has 0 bridgehead atoms. The van der Waals surface area contributed by atoms with E-state index < -0.39 is 0 Å². The van der Waals surface area contributed by atoms with Gasteiger partial charge in [0.25, 0.3) is 0 Å². The first kappa shape index (κ1) is 17.4. The number of imidazole rings is 1. The first-order valence-electron chi connectivity index (χ1n) is 10.4. The molecular weight excluding hydrogens is 374 g/mol. The summed E-state index contributed by atoms with van der Waals surface area (Å²) in [6.07, 6.45) is 1.71. The Bertz CT molecular complexity index is 1200.